The summed E-state index contributed by atoms with van der Waals surface area (Å²) in [6, 6.07) is 0. The third kappa shape index (κ3) is 21.0. The summed E-state index contributed by atoms with van der Waals surface area (Å²) in [4.78, 5) is 14.0. The van der Waals surface area contributed by atoms with Crippen LogP contribution in [-0.2, 0) is 166 Å². The lowest BCUT2D eigenvalue weighted by Gasteiger charge is -2.52. The fraction of sp³-hybridized carbons (Fsp3) is 0.986. The maximum absolute atomic E-state index is 14.0. The lowest BCUT2D eigenvalue weighted by Crippen LogP contribution is -2.69. The van der Waals surface area contributed by atoms with Crippen LogP contribution < -0.4 is 5.32 Å². The van der Waals surface area contributed by atoms with Crippen molar-refractivity contribution < 1.29 is 166 Å². The molecule has 630 valence electrons. The fourth-order valence-corrected chi connectivity index (χ4v) is 19.3. The van der Waals surface area contributed by atoms with Gasteiger partial charge in [0.1, 0.15) is 171 Å². The zero-order chi connectivity index (χ0) is 77.7. The van der Waals surface area contributed by atoms with E-state index in [2.05, 4.69) is 5.32 Å². The van der Waals surface area contributed by atoms with Crippen LogP contribution in [0.3, 0.4) is 0 Å². The van der Waals surface area contributed by atoms with E-state index in [4.69, 9.17) is 161 Å². The van der Waals surface area contributed by atoms with E-state index in [1.54, 1.807) is 0 Å². The van der Waals surface area contributed by atoms with Crippen LogP contribution in [0, 0.1) is 0 Å². The molecule has 36 atom stereocenters. The van der Waals surface area contributed by atoms with E-state index in [9.17, 15) is 4.79 Å². The second kappa shape index (κ2) is 45.5. The van der Waals surface area contributed by atoms with Gasteiger partial charge in [0.2, 0.25) is 5.91 Å². The highest BCUT2D eigenvalue weighted by Gasteiger charge is 2.62. The molecule has 22 aliphatic rings. The van der Waals surface area contributed by atoms with Crippen molar-refractivity contribution in [3.63, 3.8) is 0 Å². The lowest BCUT2D eigenvalue weighted by atomic mass is 9.94. The molecule has 22 saturated heterocycles. The molecule has 22 fully saturated rings. The van der Waals surface area contributed by atoms with E-state index >= 15 is 0 Å². The highest BCUT2D eigenvalue weighted by atomic mass is 33.1. The van der Waals surface area contributed by atoms with E-state index < -0.39 is 215 Å². The summed E-state index contributed by atoms with van der Waals surface area (Å²) < 4.78 is 222. The first-order valence-corrected chi connectivity index (χ1v) is 39.0. The van der Waals surface area contributed by atoms with Crippen LogP contribution in [0.2, 0.25) is 0 Å². The molecule has 22 rings (SSSR count). The van der Waals surface area contributed by atoms with Gasteiger partial charge in [-0.1, -0.05) is 28.0 Å². The minimum atomic E-state index is -1.30. The molecule has 0 aromatic rings. The molecule has 1 amide bonds. The monoisotopic (exact) mass is 1600 g/mol. The third-order valence-electron chi connectivity index (χ3n) is 21.4. The van der Waals surface area contributed by atoms with Crippen molar-refractivity contribution in [3.05, 3.63) is 0 Å². The molecule has 14 bridgehead atoms. The molecule has 36 unspecified atom stereocenters. The first-order chi connectivity index (χ1) is 52.6. The quantitative estimate of drug-likeness (QED) is 0.0698. The number of ether oxygens (including phenoxy) is 34. The second-order valence-corrected chi connectivity index (χ2v) is 30.2. The standard InChI is InChI=1S/C70H123NO35S2/c1-73-28-36-44-51(80-8)59(88-16)66(95-36)103-46-38(30-75-3)97-68(61(90-18)53(46)82-10)105-48-40(32-77-5)99-70(63(92-20)55(48)84-12)106-49-41(33-78-6)98-69(62(91-19)56(49)85-13)104-47-39(31-76-4)96-67(60(89-17)54(47)83-11)102-45-37(29-74-2)94-65(58(87-15)52(45)81-9)100-43-35(93-64(101-44)57(86-14)50(43)79-7)27-71-42(72)24-22-21-23-34-25-26-107-108-34/h34-41,43-70H,21-33H2,1-20H3,(H,71,72). The Balaban J connectivity index is 1.13. The van der Waals surface area contributed by atoms with Crippen LogP contribution in [0.15, 0.2) is 0 Å². The van der Waals surface area contributed by atoms with Crippen molar-refractivity contribution in [2.45, 2.75) is 252 Å². The van der Waals surface area contributed by atoms with Crippen molar-refractivity contribution in [1.29, 1.82) is 0 Å². The number of amides is 1. The van der Waals surface area contributed by atoms with Crippen molar-refractivity contribution in [3.8, 4) is 0 Å². The molecule has 0 aromatic heterocycles. The molecule has 0 aliphatic carbocycles. The second-order valence-electron chi connectivity index (χ2n) is 27.4. The average Bonchev–Trinajstić information content (AvgIpc) is 0.809. The molecule has 22 aliphatic heterocycles. The summed E-state index contributed by atoms with van der Waals surface area (Å²) in [5, 5.41) is 3.69. The van der Waals surface area contributed by atoms with Gasteiger partial charge in [0.05, 0.1) is 39.6 Å². The van der Waals surface area contributed by atoms with Crippen molar-refractivity contribution in [2.24, 2.45) is 0 Å². The van der Waals surface area contributed by atoms with Crippen LogP contribution in [0.25, 0.3) is 0 Å². The number of hydrogen-bond acceptors (Lipinski definition) is 37. The highest BCUT2D eigenvalue weighted by molar-refractivity contribution is 8.77. The predicted molar refractivity (Wildman–Crippen MR) is 377 cm³/mol. The van der Waals surface area contributed by atoms with Gasteiger partial charge < -0.3 is 166 Å². The molecule has 0 aromatic carbocycles. The minimum absolute atomic E-state index is 0.0477. The number of carbonyl (C=O) groups is 1. The number of carbonyl (C=O) groups excluding carboxylic acids is 1. The number of nitrogens with one attached hydrogen (secondary N) is 1. The minimum Gasteiger partial charge on any atom is -0.382 e. The Morgan fingerprint density at radius 2 is 0.500 bits per heavy atom. The first-order valence-electron chi connectivity index (χ1n) is 36.7. The van der Waals surface area contributed by atoms with Gasteiger partial charge in [0, 0.05) is 166 Å². The highest BCUT2D eigenvalue weighted by Crippen LogP contribution is 2.44. The van der Waals surface area contributed by atoms with Crippen LogP contribution in [0.4, 0.5) is 0 Å². The summed E-state index contributed by atoms with van der Waals surface area (Å²) >= 11 is 0. The molecular weight excluding hydrogens is 1480 g/mol. The molecule has 22 heterocycles. The van der Waals surface area contributed by atoms with Gasteiger partial charge in [0.15, 0.2) is 44.0 Å². The summed E-state index contributed by atoms with van der Waals surface area (Å²) in [5.74, 6) is 0.923. The maximum atomic E-state index is 14.0. The number of hydrogen-bond donors (Lipinski definition) is 1. The van der Waals surface area contributed by atoms with E-state index in [0.717, 1.165) is 25.0 Å². The van der Waals surface area contributed by atoms with Crippen molar-refractivity contribution in [2.75, 3.05) is 194 Å². The van der Waals surface area contributed by atoms with Gasteiger partial charge in [0.25, 0.3) is 0 Å². The molecule has 108 heavy (non-hydrogen) atoms. The molecule has 0 radical (unpaired) electrons. The zero-order valence-corrected chi connectivity index (χ0v) is 67.7. The van der Waals surface area contributed by atoms with E-state index in [0.29, 0.717) is 11.7 Å². The van der Waals surface area contributed by atoms with Gasteiger partial charge in [-0.15, -0.1) is 0 Å². The topological polar surface area (TPSA) is 343 Å². The Labute approximate surface area is 642 Å². The van der Waals surface area contributed by atoms with Crippen LogP contribution in [-0.4, -0.2) is 420 Å². The SMILES string of the molecule is COCC1OC2OC3C(COC)OC(OC4C(COC)OC(OC5C(COC)OC(OC6C(COC)OC(OC7C(COC)OC(OC8C(CNC(=O)CCCCC9CCSS9)OC(OC1C(OC)C2OC)C(OC)C8OC)C(OC)C7OC)C(OC)C6OC)C(OC)C5OC)C(OC)C4OC)C(OC)C3OC. The Hall–Kier alpha value is -1.19. The molecule has 0 spiro atoms. The van der Waals surface area contributed by atoms with Crippen LogP contribution >= 0.6 is 21.6 Å². The third-order valence-corrected chi connectivity index (χ3v) is 24.4. The van der Waals surface area contributed by atoms with Gasteiger partial charge in [-0.05, 0) is 19.3 Å². The summed E-state index contributed by atoms with van der Waals surface area (Å²) in [6.45, 7) is -0.442. The Bertz CT molecular complexity index is 2500. The lowest BCUT2D eigenvalue weighted by molar-refractivity contribution is -0.402. The Morgan fingerprint density at radius 3 is 0.694 bits per heavy atom. The van der Waals surface area contributed by atoms with Crippen molar-refractivity contribution >= 4 is 27.5 Å². The molecule has 36 nitrogen and oxygen atoms in total. The zero-order valence-electron chi connectivity index (χ0n) is 66.1. The van der Waals surface area contributed by atoms with Gasteiger partial charge >= 0.3 is 0 Å². The number of rotatable bonds is 33. The number of methoxy groups -OCH3 is 20. The van der Waals surface area contributed by atoms with Gasteiger partial charge in [-0.25, -0.2) is 0 Å². The number of unbranched alkanes of at least 4 members (excludes halogenated alkanes) is 1. The van der Waals surface area contributed by atoms with Crippen LogP contribution in [0.1, 0.15) is 32.1 Å². The summed E-state index contributed by atoms with van der Waals surface area (Å²) in [7, 11) is 33.9. The Kier molecular flexibility index (Phi) is 38.2. The van der Waals surface area contributed by atoms with Gasteiger partial charge in [-0.2, -0.15) is 0 Å². The van der Waals surface area contributed by atoms with Gasteiger partial charge in [-0.3, -0.25) is 4.79 Å². The average molecular weight is 1600 g/mol. The maximum Gasteiger partial charge on any atom is 0.220 e. The van der Waals surface area contributed by atoms with E-state index in [1.807, 2.05) is 21.6 Å². The Morgan fingerprint density at radius 1 is 0.287 bits per heavy atom. The molecule has 0 saturated carbocycles. The van der Waals surface area contributed by atoms with E-state index in [1.165, 1.54) is 142 Å². The molecular formula is C70H123NO35S2. The molecule has 38 heteroatoms. The summed E-state index contributed by atoms with van der Waals surface area (Å²) in [5.41, 5.74) is 0. The van der Waals surface area contributed by atoms with Crippen molar-refractivity contribution in [1.82, 2.24) is 5.32 Å². The van der Waals surface area contributed by atoms with E-state index in [-0.39, 0.29) is 58.5 Å². The molecule has 1 N–H and O–H groups in total. The largest absolute Gasteiger partial charge is 0.382 e. The fourth-order valence-electron chi connectivity index (χ4n) is 16.2. The predicted octanol–water partition coefficient (Wildman–Crippen LogP) is 0.689. The normalized spacial score (nSPS) is 44.3. The first kappa shape index (κ1) is 90.7. The summed E-state index contributed by atoms with van der Waals surface area (Å²) in [6.07, 6.45) is -33.2. The smallest absolute Gasteiger partial charge is 0.220 e. The van der Waals surface area contributed by atoms with Crippen LogP contribution in [0.5, 0.6) is 0 Å².